The zero-order chi connectivity index (χ0) is 10.9. The van der Waals surface area contributed by atoms with Crippen LogP contribution in [0.1, 0.15) is 38.2 Å². The summed E-state index contributed by atoms with van der Waals surface area (Å²) >= 11 is 0. The third-order valence-corrected chi connectivity index (χ3v) is 3.67. The first kappa shape index (κ1) is 10.7. The smallest absolute Gasteiger partial charge is 0.115 e. The van der Waals surface area contributed by atoms with E-state index in [1.165, 1.54) is 0 Å². The lowest BCUT2D eigenvalue weighted by Gasteiger charge is -2.38. The van der Waals surface area contributed by atoms with Crippen molar-refractivity contribution in [3.05, 3.63) is 35.9 Å². The zero-order valence-electron chi connectivity index (χ0n) is 9.11. The van der Waals surface area contributed by atoms with Crippen molar-refractivity contribution in [3.63, 3.8) is 0 Å². The summed E-state index contributed by atoms with van der Waals surface area (Å²) in [6.07, 6.45) is 3.38. The molecule has 0 bridgehead atoms. The minimum atomic E-state index is -1.13. The fourth-order valence-electron chi connectivity index (χ4n) is 2.48. The van der Waals surface area contributed by atoms with Gasteiger partial charge in [0.05, 0.1) is 5.60 Å². The molecule has 2 heteroatoms. The van der Waals surface area contributed by atoms with Gasteiger partial charge in [-0.05, 0) is 25.3 Å². The van der Waals surface area contributed by atoms with E-state index in [1.807, 2.05) is 30.3 Å². The highest BCUT2D eigenvalue weighted by molar-refractivity contribution is 5.25. The fraction of sp³-hybridized carbons (Fsp3) is 0.538. The summed E-state index contributed by atoms with van der Waals surface area (Å²) in [6, 6.07) is 9.44. The van der Waals surface area contributed by atoms with Crippen LogP contribution in [-0.2, 0) is 5.60 Å². The van der Waals surface area contributed by atoms with Crippen LogP contribution in [0.2, 0.25) is 0 Å². The van der Waals surface area contributed by atoms with Gasteiger partial charge in [-0.3, -0.25) is 0 Å². The third-order valence-electron chi connectivity index (χ3n) is 3.67. The van der Waals surface area contributed by atoms with E-state index in [0.29, 0.717) is 12.8 Å². The Labute approximate surface area is 90.6 Å². The minimum absolute atomic E-state index is 0.689. The van der Waals surface area contributed by atoms with Crippen LogP contribution in [-0.4, -0.2) is 15.8 Å². The Bertz CT molecular complexity index is 324. The van der Waals surface area contributed by atoms with Gasteiger partial charge in [-0.2, -0.15) is 0 Å². The quantitative estimate of drug-likeness (QED) is 0.778. The lowest BCUT2D eigenvalue weighted by Crippen LogP contribution is -2.47. The molecule has 1 aliphatic rings. The molecule has 1 aromatic rings. The van der Waals surface area contributed by atoms with Gasteiger partial charge in [0.25, 0.3) is 0 Å². The Morgan fingerprint density at radius 1 is 1.13 bits per heavy atom. The van der Waals surface area contributed by atoms with Gasteiger partial charge in [0.15, 0.2) is 0 Å². The van der Waals surface area contributed by atoms with Crippen LogP contribution in [0.3, 0.4) is 0 Å². The molecule has 0 spiro atoms. The van der Waals surface area contributed by atoms with Gasteiger partial charge in [0, 0.05) is 0 Å². The van der Waals surface area contributed by atoms with Crippen LogP contribution < -0.4 is 0 Å². The monoisotopic (exact) mass is 206 g/mol. The standard InChI is InChI=1S/C13H18O2/c1-12(14,11-7-3-2-4-8-11)13(15)9-5-6-10-13/h2-4,7-8,14-15H,5-6,9-10H2,1H3. The molecule has 2 N–H and O–H groups in total. The molecular formula is C13H18O2. The molecule has 0 aliphatic heterocycles. The maximum Gasteiger partial charge on any atom is 0.115 e. The molecule has 0 radical (unpaired) electrons. The molecule has 0 saturated heterocycles. The molecular weight excluding hydrogens is 188 g/mol. The minimum Gasteiger partial charge on any atom is -0.387 e. The van der Waals surface area contributed by atoms with Crippen molar-refractivity contribution in [1.29, 1.82) is 0 Å². The van der Waals surface area contributed by atoms with Crippen molar-refractivity contribution in [2.75, 3.05) is 0 Å². The Morgan fingerprint density at radius 2 is 1.67 bits per heavy atom. The Balaban J connectivity index is 2.34. The lowest BCUT2D eigenvalue weighted by atomic mass is 9.78. The van der Waals surface area contributed by atoms with Gasteiger partial charge in [0.1, 0.15) is 5.60 Å². The summed E-state index contributed by atoms with van der Waals surface area (Å²) in [5.74, 6) is 0. The molecule has 0 aromatic heterocycles. The first-order valence-electron chi connectivity index (χ1n) is 5.57. The molecule has 0 heterocycles. The second-order valence-corrected chi connectivity index (χ2v) is 4.68. The number of hydrogen-bond donors (Lipinski definition) is 2. The van der Waals surface area contributed by atoms with E-state index >= 15 is 0 Å². The first-order chi connectivity index (χ1) is 7.06. The number of aliphatic hydroxyl groups is 2. The van der Waals surface area contributed by atoms with Crippen LogP contribution in [0.5, 0.6) is 0 Å². The van der Waals surface area contributed by atoms with Crippen LogP contribution >= 0.6 is 0 Å². The summed E-state index contributed by atoms with van der Waals surface area (Å²) in [7, 11) is 0. The van der Waals surface area contributed by atoms with Gasteiger partial charge >= 0.3 is 0 Å². The largest absolute Gasteiger partial charge is 0.387 e. The van der Waals surface area contributed by atoms with Gasteiger partial charge in [-0.1, -0.05) is 43.2 Å². The Hall–Kier alpha value is -0.860. The number of rotatable bonds is 2. The van der Waals surface area contributed by atoms with Crippen molar-refractivity contribution in [3.8, 4) is 0 Å². The molecule has 1 atom stereocenters. The Morgan fingerprint density at radius 3 is 2.20 bits per heavy atom. The van der Waals surface area contributed by atoms with E-state index in [4.69, 9.17) is 0 Å². The molecule has 1 saturated carbocycles. The third kappa shape index (κ3) is 1.68. The van der Waals surface area contributed by atoms with Crippen LogP contribution in [0.25, 0.3) is 0 Å². The predicted octanol–water partition coefficient (Wildman–Crippen LogP) is 2.20. The van der Waals surface area contributed by atoms with E-state index < -0.39 is 11.2 Å². The average Bonchev–Trinajstić information content (AvgIpc) is 2.68. The second kappa shape index (κ2) is 3.62. The van der Waals surface area contributed by atoms with Crippen LogP contribution in [0.15, 0.2) is 30.3 Å². The highest BCUT2D eigenvalue weighted by atomic mass is 16.4. The average molecular weight is 206 g/mol. The molecule has 2 rings (SSSR count). The van der Waals surface area contributed by atoms with E-state index in [9.17, 15) is 10.2 Å². The predicted molar refractivity (Wildman–Crippen MR) is 59.4 cm³/mol. The lowest BCUT2D eigenvalue weighted by molar-refractivity contribution is -0.143. The summed E-state index contributed by atoms with van der Waals surface area (Å²) < 4.78 is 0. The molecule has 0 amide bonds. The number of benzene rings is 1. The van der Waals surface area contributed by atoms with Gasteiger partial charge < -0.3 is 10.2 Å². The first-order valence-corrected chi connectivity index (χ1v) is 5.57. The molecule has 1 aromatic carbocycles. The molecule has 1 unspecified atom stereocenters. The van der Waals surface area contributed by atoms with Crippen molar-refractivity contribution in [2.45, 2.75) is 43.8 Å². The van der Waals surface area contributed by atoms with Gasteiger partial charge in [-0.15, -0.1) is 0 Å². The van der Waals surface area contributed by atoms with E-state index in [2.05, 4.69) is 0 Å². The summed E-state index contributed by atoms with van der Waals surface area (Å²) in [6.45, 7) is 1.72. The van der Waals surface area contributed by atoms with Crippen molar-refractivity contribution < 1.29 is 10.2 Å². The fourth-order valence-corrected chi connectivity index (χ4v) is 2.48. The maximum atomic E-state index is 10.5. The van der Waals surface area contributed by atoms with Gasteiger partial charge in [-0.25, -0.2) is 0 Å². The molecule has 1 aliphatic carbocycles. The highest BCUT2D eigenvalue weighted by Crippen LogP contribution is 2.43. The summed E-state index contributed by atoms with van der Waals surface area (Å²) in [4.78, 5) is 0. The van der Waals surface area contributed by atoms with Gasteiger partial charge in [0.2, 0.25) is 0 Å². The molecule has 1 fully saturated rings. The zero-order valence-corrected chi connectivity index (χ0v) is 9.11. The van der Waals surface area contributed by atoms with E-state index in [1.54, 1.807) is 6.92 Å². The summed E-state index contributed by atoms with van der Waals surface area (Å²) in [5, 5.41) is 20.9. The topological polar surface area (TPSA) is 40.5 Å². The van der Waals surface area contributed by atoms with E-state index in [0.717, 1.165) is 18.4 Å². The number of hydrogen-bond acceptors (Lipinski definition) is 2. The highest BCUT2D eigenvalue weighted by Gasteiger charge is 2.48. The second-order valence-electron chi connectivity index (χ2n) is 4.68. The van der Waals surface area contributed by atoms with Crippen molar-refractivity contribution in [1.82, 2.24) is 0 Å². The van der Waals surface area contributed by atoms with E-state index in [-0.39, 0.29) is 0 Å². The molecule has 15 heavy (non-hydrogen) atoms. The normalized spacial score (nSPS) is 23.7. The maximum absolute atomic E-state index is 10.5. The summed E-state index contributed by atoms with van der Waals surface area (Å²) in [5.41, 5.74) is -1.28. The van der Waals surface area contributed by atoms with Crippen molar-refractivity contribution >= 4 is 0 Å². The Kier molecular flexibility index (Phi) is 2.57. The SMILES string of the molecule is CC(O)(c1ccccc1)C1(O)CCCC1. The molecule has 2 nitrogen and oxygen atoms in total. The van der Waals surface area contributed by atoms with Crippen LogP contribution in [0.4, 0.5) is 0 Å². The van der Waals surface area contributed by atoms with Crippen LogP contribution in [0, 0.1) is 0 Å². The molecule has 82 valence electrons. The van der Waals surface area contributed by atoms with Crippen molar-refractivity contribution in [2.24, 2.45) is 0 Å².